The van der Waals surface area contributed by atoms with Gasteiger partial charge in [-0.15, -0.1) is 0 Å². The summed E-state index contributed by atoms with van der Waals surface area (Å²) in [5, 5.41) is 0. The first kappa shape index (κ1) is 16.6. The molecule has 1 aromatic rings. The van der Waals surface area contributed by atoms with Crippen LogP contribution in [0.4, 0.5) is 0 Å². The Kier molecular flexibility index (Phi) is 6.99. The van der Waals surface area contributed by atoms with Crippen molar-refractivity contribution in [2.24, 2.45) is 0 Å². The fourth-order valence-electron chi connectivity index (χ4n) is 1.60. The quantitative estimate of drug-likeness (QED) is 0.676. The lowest BCUT2D eigenvalue weighted by atomic mass is 10.4. The lowest BCUT2D eigenvalue weighted by Crippen LogP contribution is -2.21. The van der Waals surface area contributed by atoms with Gasteiger partial charge in [0.25, 0.3) is 0 Å². The lowest BCUT2D eigenvalue weighted by Gasteiger charge is -2.16. The van der Waals surface area contributed by atoms with E-state index < -0.39 is 16.1 Å². The summed E-state index contributed by atoms with van der Waals surface area (Å²) >= 11 is 3.28. The van der Waals surface area contributed by atoms with Crippen molar-refractivity contribution in [1.29, 1.82) is 0 Å². The molecule has 0 unspecified atom stereocenters. The minimum absolute atomic E-state index is 0.0132. The average Bonchev–Trinajstić information content (AvgIpc) is 2.37. The molecular formula is C13H19BrO4S. The molecule has 1 aromatic carbocycles. The third-order valence-corrected chi connectivity index (χ3v) is 4.79. The molecule has 0 spiro atoms. The molecule has 0 amide bonds. The molecule has 6 heteroatoms. The van der Waals surface area contributed by atoms with Crippen LogP contribution in [0.3, 0.4) is 0 Å². The molecule has 0 heterocycles. The largest absolute Gasteiger partial charge is 0.353 e. The topological polar surface area (TPSA) is 52.6 Å². The van der Waals surface area contributed by atoms with Gasteiger partial charge in [0.05, 0.1) is 10.6 Å². The standard InChI is InChI=1S/C13H19BrO4S/c1-3-17-13(18-4-2)9-10-19(15,16)12-7-5-11(14)6-8-12/h5-8,13H,3-4,9-10H2,1-2H3. The van der Waals surface area contributed by atoms with E-state index in [4.69, 9.17) is 9.47 Å². The summed E-state index contributed by atoms with van der Waals surface area (Å²) in [6, 6.07) is 6.62. The molecular weight excluding hydrogens is 332 g/mol. The van der Waals surface area contributed by atoms with Gasteiger partial charge in [-0.05, 0) is 38.1 Å². The minimum Gasteiger partial charge on any atom is -0.353 e. The Morgan fingerprint density at radius 1 is 1.11 bits per heavy atom. The first-order valence-electron chi connectivity index (χ1n) is 6.21. The van der Waals surface area contributed by atoms with Gasteiger partial charge in [-0.3, -0.25) is 0 Å². The van der Waals surface area contributed by atoms with E-state index in [2.05, 4.69) is 15.9 Å². The predicted molar refractivity (Wildman–Crippen MR) is 77.9 cm³/mol. The van der Waals surface area contributed by atoms with Crippen molar-refractivity contribution in [3.05, 3.63) is 28.7 Å². The van der Waals surface area contributed by atoms with Crippen LogP contribution in [0, 0.1) is 0 Å². The first-order chi connectivity index (χ1) is 8.99. The zero-order valence-corrected chi connectivity index (χ0v) is 13.5. The number of halogens is 1. The molecule has 19 heavy (non-hydrogen) atoms. The Morgan fingerprint density at radius 3 is 2.11 bits per heavy atom. The van der Waals surface area contributed by atoms with Gasteiger partial charge in [-0.2, -0.15) is 0 Å². The highest BCUT2D eigenvalue weighted by atomic mass is 79.9. The van der Waals surface area contributed by atoms with E-state index in [0.29, 0.717) is 24.5 Å². The van der Waals surface area contributed by atoms with E-state index in [1.54, 1.807) is 24.3 Å². The third-order valence-electron chi connectivity index (χ3n) is 2.50. The predicted octanol–water partition coefficient (Wildman–Crippen LogP) is 3.01. The maximum absolute atomic E-state index is 12.1. The van der Waals surface area contributed by atoms with E-state index >= 15 is 0 Å². The number of rotatable bonds is 8. The van der Waals surface area contributed by atoms with Crippen molar-refractivity contribution < 1.29 is 17.9 Å². The number of sulfone groups is 1. The molecule has 1 rings (SSSR count). The van der Waals surface area contributed by atoms with Crippen LogP contribution in [0.2, 0.25) is 0 Å². The van der Waals surface area contributed by atoms with E-state index in [0.717, 1.165) is 4.47 Å². The Bertz CT molecular complexity index is 464. The summed E-state index contributed by atoms with van der Waals surface area (Å²) in [6.45, 7) is 4.72. The molecule has 0 N–H and O–H groups in total. The third kappa shape index (κ3) is 5.60. The summed E-state index contributed by atoms with van der Waals surface area (Å²) in [7, 11) is -3.29. The molecule has 4 nitrogen and oxygen atoms in total. The Labute approximate surface area is 123 Å². The number of ether oxygens (including phenoxy) is 2. The number of hydrogen-bond donors (Lipinski definition) is 0. The van der Waals surface area contributed by atoms with Crippen LogP contribution in [-0.4, -0.2) is 33.7 Å². The summed E-state index contributed by atoms with van der Waals surface area (Å²) in [5.41, 5.74) is 0. The maximum Gasteiger partial charge on any atom is 0.178 e. The highest BCUT2D eigenvalue weighted by Gasteiger charge is 2.18. The summed E-state index contributed by atoms with van der Waals surface area (Å²) in [5.74, 6) is 0.0132. The molecule has 0 atom stereocenters. The molecule has 0 bridgehead atoms. The maximum atomic E-state index is 12.1. The van der Waals surface area contributed by atoms with Crippen molar-refractivity contribution in [1.82, 2.24) is 0 Å². The van der Waals surface area contributed by atoms with Crippen LogP contribution in [-0.2, 0) is 19.3 Å². The summed E-state index contributed by atoms with van der Waals surface area (Å²) < 4.78 is 35.8. The van der Waals surface area contributed by atoms with E-state index in [1.165, 1.54) is 0 Å². The Balaban J connectivity index is 2.66. The van der Waals surface area contributed by atoms with Crippen molar-refractivity contribution in [2.45, 2.75) is 31.5 Å². The van der Waals surface area contributed by atoms with Gasteiger partial charge in [0.2, 0.25) is 0 Å². The zero-order chi connectivity index (χ0) is 14.3. The van der Waals surface area contributed by atoms with Crippen molar-refractivity contribution in [2.75, 3.05) is 19.0 Å². The van der Waals surface area contributed by atoms with Crippen LogP contribution in [0.15, 0.2) is 33.6 Å². The van der Waals surface area contributed by atoms with Gasteiger partial charge in [-0.25, -0.2) is 8.42 Å². The molecule has 0 aliphatic rings. The normalized spacial score (nSPS) is 12.0. The molecule has 0 aliphatic heterocycles. The minimum atomic E-state index is -3.29. The average molecular weight is 351 g/mol. The van der Waals surface area contributed by atoms with Crippen molar-refractivity contribution in [3.8, 4) is 0 Å². The van der Waals surface area contributed by atoms with Crippen LogP contribution < -0.4 is 0 Å². The Morgan fingerprint density at radius 2 is 1.63 bits per heavy atom. The zero-order valence-electron chi connectivity index (χ0n) is 11.1. The monoisotopic (exact) mass is 350 g/mol. The second-order valence-electron chi connectivity index (χ2n) is 3.90. The van der Waals surface area contributed by atoms with Gasteiger partial charge >= 0.3 is 0 Å². The van der Waals surface area contributed by atoms with Gasteiger partial charge in [0.1, 0.15) is 0 Å². The molecule has 0 aliphatic carbocycles. The molecule has 0 fully saturated rings. The second kappa shape index (κ2) is 7.99. The van der Waals surface area contributed by atoms with Crippen LogP contribution >= 0.6 is 15.9 Å². The van der Waals surface area contributed by atoms with Crippen LogP contribution in [0.1, 0.15) is 20.3 Å². The highest BCUT2D eigenvalue weighted by Crippen LogP contribution is 2.17. The fourth-order valence-corrected chi connectivity index (χ4v) is 3.15. The van der Waals surface area contributed by atoms with E-state index in [1.807, 2.05) is 13.8 Å². The lowest BCUT2D eigenvalue weighted by molar-refractivity contribution is -0.136. The second-order valence-corrected chi connectivity index (χ2v) is 6.93. The molecule has 0 aromatic heterocycles. The number of hydrogen-bond acceptors (Lipinski definition) is 4. The molecule has 0 saturated carbocycles. The fraction of sp³-hybridized carbons (Fsp3) is 0.538. The van der Waals surface area contributed by atoms with E-state index in [-0.39, 0.29) is 5.75 Å². The summed E-state index contributed by atoms with van der Waals surface area (Å²) in [4.78, 5) is 0.322. The Hall–Kier alpha value is -0.430. The SMILES string of the molecule is CCOC(CCS(=O)(=O)c1ccc(Br)cc1)OCC. The summed E-state index contributed by atoms with van der Waals surface area (Å²) in [6.07, 6.45) is -0.125. The smallest absolute Gasteiger partial charge is 0.178 e. The van der Waals surface area contributed by atoms with Crippen molar-refractivity contribution >= 4 is 25.8 Å². The van der Waals surface area contributed by atoms with E-state index in [9.17, 15) is 8.42 Å². The molecule has 108 valence electrons. The van der Waals surface area contributed by atoms with Crippen molar-refractivity contribution in [3.63, 3.8) is 0 Å². The van der Waals surface area contributed by atoms with Gasteiger partial charge in [0.15, 0.2) is 16.1 Å². The van der Waals surface area contributed by atoms with Gasteiger partial charge in [-0.1, -0.05) is 15.9 Å². The highest BCUT2D eigenvalue weighted by molar-refractivity contribution is 9.10. The van der Waals surface area contributed by atoms with Crippen LogP contribution in [0.5, 0.6) is 0 Å². The molecule has 0 saturated heterocycles. The molecule has 0 radical (unpaired) electrons. The first-order valence-corrected chi connectivity index (χ1v) is 8.65. The van der Waals surface area contributed by atoms with Gasteiger partial charge in [0, 0.05) is 24.1 Å². The van der Waals surface area contributed by atoms with Gasteiger partial charge < -0.3 is 9.47 Å². The van der Waals surface area contributed by atoms with Crippen LogP contribution in [0.25, 0.3) is 0 Å². The number of benzene rings is 1.